The number of para-hydroxylation sites is 3. The van der Waals surface area contributed by atoms with Gasteiger partial charge in [-0.3, -0.25) is 4.98 Å². The number of aryl methyl sites for hydroxylation is 1. The standard InChI is InChI=1S/C24H34BNO5.C19H25NO3.C14H17NO.C6H3BrN2.C6H4BrNO2.C4H5BrN2.C4H3BrN2.C4H4BrNO2S2.C3H2BrNS.CH4/c1-21(2,3)29-20(27)26-14-12-24(13-15-26)16-18(17-10-8-9-11-19(17)28-24)25-30-22(4,5)23(6,7)31-25;1-14-13-19(22-16-8-6-5-7-15(14)16)9-11-20(12-10-19)17(21)23-18(2,3)4;1-11-10-14(6-8-15-9-7-14)16-13-5-3-2-4-12(11)13;1-8-6-3-2-5(7)4-9-6;7-5-1-4(6(9)10)2-8-3-5;1-7-2-4(5)6-3-7;5-4-1-6-3-7-2-4;5-3-1-2-4(9-3)10(6,7)8;4-3-5-1-2-6-3;/h8-11,16H,12-15H2,1-7H3;5-8,13H,9-12H2,1-4H3;2-5,10,15H,6-9H2,1H3;2-4H;1-3H,(H,9,10);2-3H,1H3;1-3H;1-2H,(H2,6,7,8);1-2H;1H4. The second-order valence-corrected chi connectivity index (χ2v) is 40.9. The number of aromatic carboxylic acids is 1. The maximum Gasteiger partial charge on any atom is 0.495 e. The third kappa shape index (κ3) is 30.7. The molecule has 0 saturated carbocycles. The fourth-order valence-electron chi connectivity index (χ4n) is 12.4. The molecule has 7 aliphatic heterocycles. The molecule has 0 bridgehead atoms. The summed E-state index contributed by atoms with van der Waals surface area (Å²) in [5.74, 6) is 2.29. The first-order chi connectivity index (χ1) is 56.0. The van der Waals surface area contributed by atoms with E-state index in [0.29, 0.717) is 49.3 Å². The number of primary sulfonamides is 1. The Labute approximate surface area is 762 Å². The molecule has 0 unspecified atom stereocenters. The predicted octanol–water partition coefficient (Wildman–Crippen LogP) is 21.8. The van der Waals surface area contributed by atoms with Crippen LogP contribution in [-0.4, -0.2) is 162 Å². The molecule has 0 radical (unpaired) electrons. The third-order valence-electron chi connectivity index (χ3n) is 18.8. The van der Waals surface area contributed by atoms with E-state index in [-0.39, 0.29) is 40.6 Å². The topological polar surface area (TPSA) is 301 Å². The monoisotopic (exact) mass is 2080 g/mol. The van der Waals surface area contributed by atoms with Crippen LogP contribution in [0.4, 0.5) is 15.4 Å². The lowest BCUT2D eigenvalue weighted by Gasteiger charge is -2.43. The van der Waals surface area contributed by atoms with Gasteiger partial charge >= 0.3 is 25.3 Å². The van der Waals surface area contributed by atoms with Crippen LogP contribution >= 0.6 is 118 Å². The van der Waals surface area contributed by atoms with Crippen LogP contribution < -0.4 is 24.7 Å². The van der Waals surface area contributed by atoms with Gasteiger partial charge in [0.2, 0.25) is 10.0 Å². The molecular weight excluding hydrogens is 1980 g/mol. The molecule has 4 N–H and O–H groups in total. The average Bonchev–Trinajstić information content (AvgIpc) is 1.48. The van der Waals surface area contributed by atoms with Crippen molar-refractivity contribution in [2.75, 3.05) is 39.3 Å². The van der Waals surface area contributed by atoms with Crippen molar-refractivity contribution >= 4 is 176 Å². The van der Waals surface area contributed by atoms with Crippen molar-refractivity contribution in [1.29, 1.82) is 0 Å². The number of thiophene rings is 1. The molecule has 35 heteroatoms. The van der Waals surface area contributed by atoms with E-state index in [2.05, 4.69) is 226 Å². The van der Waals surface area contributed by atoms with Crippen molar-refractivity contribution in [3.63, 3.8) is 0 Å². The highest BCUT2D eigenvalue weighted by Gasteiger charge is 2.55. The highest BCUT2D eigenvalue weighted by atomic mass is 79.9. The lowest BCUT2D eigenvalue weighted by atomic mass is 9.69. The number of carbonyl (C=O) groups is 3. The number of allylic oxidation sites excluding steroid dienone is 2. The van der Waals surface area contributed by atoms with E-state index in [1.165, 1.54) is 47.6 Å². The van der Waals surface area contributed by atoms with Crippen LogP contribution in [0.15, 0.2) is 213 Å². The lowest BCUT2D eigenvalue weighted by molar-refractivity contribution is -0.00235. The van der Waals surface area contributed by atoms with Crippen molar-refractivity contribution in [2.45, 2.75) is 172 Å². The Morgan fingerprint density at radius 3 is 1.44 bits per heavy atom. The number of carbonyl (C=O) groups excluding carboxylic acids is 2. The number of imidazole rings is 1. The van der Waals surface area contributed by atoms with Gasteiger partial charge in [-0.2, -0.15) is 0 Å². The molecule has 0 atom stereocenters. The van der Waals surface area contributed by atoms with Crippen LogP contribution in [0, 0.1) is 6.57 Å². The number of likely N-dealkylation sites (tertiary alicyclic amines) is 2. The molecule has 0 aliphatic carbocycles. The largest absolute Gasteiger partial charge is 0.495 e. The molecular formula is C85H101BBr6N12O13S3. The Morgan fingerprint density at radius 1 is 0.617 bits per heavy atom. The van der Waals surface area contributed by atoms with E-state index in [4.69, 9.17) is 49.8 Å². The summed E-state index contributed by atoms with van der Waals surface area (Å²) in [6.45, 7) is 35.0. The zero-order valence-electron chi connectivity index (χ0n) is 68.3. The van der Waals surface area contributed by atoms with E-state index in [0.717, 1.165) is 105 Å². The Kier molecular flexibility index (Phi) is 37.0. The maximum absolute atomic E-state index is 12.5. The first-order valence-electron chi connectivity index (χ1n) is 37.7. The molecule has 3 spiro atoms. The molecule has 2 amide bonds. The molecule has 7 aliphatic rings. The molecule has 4 fully saturated rings. The Bertz CT molecular complexity index is 5080. The maximum atomic E-state index is 12.5. The van der Waals surface area contributed by atoms with Gasteiger partial charge in [0, 0.05) is 135 Å². The number of halogens is 6. The van der Waals surface area contributed by atoms with Gasteiger partial charge < -0.3 is 62.6 Å². The van der Waals surface area contributed by atoms with E-state index in [1.807, 2.05) is 107 Å². The van der Waals surface area contributed by atoms with Gasteiger partial charge in [0.15, 0.2) is 3.92 Å². The minimum Gasteiger partial charge on any atom is -0.482 e. The number of pyridine rings is 2. The van der Waals surface area contributed by atoms with Crippen molar-refractivity contribution in [1.82, 2.24) is 49.6 Å². The molecule has 25 nitrogen and oxygen atoms in total. The molecule has 120 heavy (non-hydrogen) atoms. The first kappa shape index (κ1) is 99.5. The number of benzene rings is 3. The van der Waals surface area contributed by atoms with E-state index >= 15 is 0 Å². The zero-order chi connectivity index (χ0) is 87.2. The second kappa shape index (κ2) is 44.7. The Morgan fingerprint density at radius 2 is 1.09 bits per heavy atom. The highest BCUT2D eigenvalue weighted by molar-refractivity contribution is 9.11. The minimum atomic E-state index is -3.49. The number of thiazole rings is 1. The molecule has 4 saturated heterocycles. The molecule has 3 aromatic carbocycles. The third-order valence-corrected chi connectivity index (χ3v) is 24.9. The number of nitrogens with one attached hydrogen (secondary N) is 1. The number of rotatable bonds is 3. The van der Waals surface area contributed by atoms with Crippen LogP contribution in [-0.2, 0) is 35.9 Å². The van der Waals surface area contributed by atoms with E-state index in [9.17, 15) is 22.8 Å². The summed E-state index contributed by atoms with van der Waals surface area (Å²) < 4.78 is 71.2. The molecule has 16 rings (SSSR count). The summed E-state index contributed by atoms with van der Waals surface area (Å²) in [4.78, 5) is 64.3. The van der Waals surface area contributed by atoms with Gasteiger partial charge in [0.25, 0.3) is 5.82 Å². The first-order valence-corrected chi connectivity index (χ1v) is 45.7. The summed E-state index contributed by atoms with van der Waals surface area (Å²) in [5.41, 5.74) is 4.56. The number of aromatic nitrogens is 7. The van der Waals surface area contributed by atoms with Crippen LogP contribution in [0.3, 0.4) is 0 Å². The Balaban J connectivity index is 0.000000197. The fraction of sp³-hybridized carbons (Fsp3) is 0.388. The second-order valence-electron chi connectivity index (χ2n) is 31.0. The number of carboxylic acid groups (broad SMARTS) is 1. The van der Waals surface area contributed by atoms with Gasteiger partial charge in [-0.05, 0) is 269 Å². The molecule has 6 aromatic heterocycles. The van der Waals surface area contributed by atoms with Crippen molar-refractivity contribution in [3.8, 4) is 17.2 Å². The smallest absolute Gasteiger partial charge is 0.482 e. The number of fused-ring (bicyclic) bond motifs is 3. The van der Waals surface area contributed by atoms with Crippen molar-refractivity contribution in [2.24, 2.45) is 12.2 Å². The SMILES string of the molecule is Brc1cncnc1.Brc1nccs1.C.CC(C)(C)OC(=O)N1CCC2(C=C(B3OC(C)(C)C(C)(C)O3)c3ccccc3O2)CC1.CC1=CC2(CCN(C(=O)OC(C)(C)C)CC2)Oc2ccccc21.CC1=CC2(CCNCC2)Oc2ccccc21.Cn1cnc(Br)c1.NS(=O)(=O)c1ccc(Br)s1.O=C(O)c1cncc(Br)c1.[C-]#[N+]c1ccc(Br)cn1. The predicted molar refractivity (Wildman–Crippen MR) is 495 cm³/mol. The number of ether oxygens (including phenoxy) is 5. The van der Waals surface area contributed by atoms with Gasteiger partial charge in [-0.15, -0.1) is 27.7 Å². The fourth-order valence-corrected chi connectivity index (χ4v) is 16.9. The van der Waals surface area contributed by atoms with Crippen LogP contribution in [0.1, 0.15) is 156 Å². The molecule has 9 aromatic rings. The lowest BCUT2D eigenvalue weighted by Crippen LogP contribution is -2.51. The number of carboxylic acids is 1. The summed E-state index contributed by atoms with van der Waals surface area (Å²) in [6.07, 6.45) is 26.0. The Hall–Kier alpha value is -7.57. The van der Waals surface area contributed by atoms with Crippen LogP contribution in [0.2, 0.25) is 0 Å². The quantitative estimate of drug-likeness (QED) is 0.109. The summed E-state index contributed by atoms with van der Waals surface area (Å²) in [5, 5.41) is 18.6. The molecule has 642 valence electrons. The number of nitrogens with two attached hydrogens (primary N) is 1. The number of nitrogens with zero attached hydrogens (tertiary/aromatic N) is 10. The normalized spacial score (nSPS) is 16.8. The van der Waals surface area contributed by atoms with E-state index < -0.39 is 51.1 Å². The van der Waals surface area contributed by atoms with Crippen molar-refractivity contribution in [3.05, 3.63) is 242 Å². The van der Waals surface area contributed by atoms with Gasteiger partial charge in [0.1, 0.15) is 66.6 Å². The minimum absolute atomic E-state index is 0. The number of amides is 2. The summed E-state index contributed by atoms with van der Waals surface area (Å²) in [6, 6.07) is 32.6. The number of piperidine rings is 3. The summed E-state index contributed by atoms with van der Waals surface area (Å²) >= 11 is 21.7. The van der Waals surface area contributed by atoms with Crippen molar-refractivity contribution < 1.29 is 60.9 Å². The number of hydrogen-bond acceptors (Lipinski definition) is 21. The number of sulfonamides is 1. The van der Waals surface area contributed by atoms with Gasteiger partial charge in [-0.25, -0.2) is 47.9 Å². The van der Waals surface area contributed by atoms with Crippen LogP contribution in [0.25, 0.3) is 21.5 Å². The van der Waals surface area contributed by atoms with Crippen LogP contribution in [0.5, 0.6) is 17.2 Å². The zero-order valence-corrected chi connectivity index (χ0v) is 80.2. The molecule has 13 heterocycles. The summed E-state index contributed by atoms with van der Waals surface area (Å²) in [7, 11) is -2.03. The number of hydrogen-bond donors (Lipinski definition) is 3. The van der Waals surface area contributed by atoms with Gasteiger partial charge in [0.05, 0.1) is 35.8 Å². The highest BCUT2D eigenvalue weighted by Crippen LogP contribution is 2.48. The van der Waals surface area contributed by atoms with Gasteiger partial charge in [-0.1, -0.05) is 74.7 Å². The average molecular weight is 2090 g/mol. The van der Waals surface area contributed by atoms with E-state index in [1.54, 1.807) is 70.5 Å².